The smallest absolute Gasteiger partial charge is 0.778 e. The van der Waals surface area contributed by atoms with Gasteiger partial charge in [-0.1, -0.05) is 0 Å². The van der Waals surface area contributed by atoms with E-state index in [2.05, 4.69) is 0 Å². The second-order valence-corrected chi connectivity index (χ2v) is 3.21. The van der Waals surface area contributed by atoms with E-state index < -0.39 is 26.4 Å². The minimum absolute atomic E-state index is 0. The van der Waals surface area contributed by atoms with Gasteiger partial charge in [0.05, 0.1) is 12.8 Å². The Morgan fingerprint density at radius 3 is 2.36 bits per heavy atom. The minimum atomic E-state index is -4.35. The maximum Gasteiger partial charge on any atom is 1.00 e. The summed E-state index contributed by atoms with van der Waals surface area (Å²) in [5.41, 5.74) is 0. The normalized spacial score (nSPS) is 14.7. The van der Waals surface area contributed by atoms with Crippen LogP contribution in [0.3, 0.4) is 0 Å². The summed E-state index contributed by atoms with van der Waals surface area (Å²) in [6, 6.07) is 0. The van der Waals surface area contributed by atoms with Gasteiger partial charge in [-0.05, 0) is 0 Å². The average Bonchev–Trinajstić information content (AvgIpc) is 1.59. The molecule has 0 fully saturated rings. The zero-order valence-electron chi connectivity index (χ0n) is 5.98. The third-order valence-corrected chi connectivity index (χ3v) is 1.21. The second kappa shape index (κ2) is 6.14. The van der Waals surface area contributed by atoms with Crippen molar-refractivity contribution in [1.82, 2.24) is 5.32 Å². The third kappa shape index (κ3) is 13.6. The first kappa shape index (κ1) is 14.1. The molecule has 0 spiro atoms. The Kier molecular flexibility index (Phi) is 7.88. The summed E-state index contributed by atoms with van der Waals surface area (Å²) >= 11 is 0. The predicted molar refractivity (Wildman–Crippen MR) is 30.3 cm³/mol. The summed E-state index contributed by atoms with van der Waals surface area (Å²) in [6.45, 7) is -0.479. The van der Waals surface area contributed by atoms with Gasteiger partial charge < -0.3 is 19.5 Å². The van der Waals surface area contributed by atoms with Gasteiger partial charge in [0, 0.05) is 0 Å². The quantitative estimate of drug-likeness (QED) is 0.303. The van der Waals surface area contributed by atoms with Crippen LogP contribution in [0.15, 0.2) is 0 Å². The van der Waals surface area contributed by atoms with Crippen LogP contribution in [0.4, 0.5) is 0 Å². The second-order valence-electron chi connectivity index (χ2n) is 1.62. The van der Waals surface area contributed by atoms with Crippen LogP contribution in [0, 0.1) is 0 Å². The van der Waals surface area contributed by atoms with Crippen LogP contribution in [-0.2, 0) is 9.36 Å². The fraction of sp³-hybridized carbons (Fsp3) is 0.667. The maximum absolute atomic E-state index is 9.94. The van der Waals surface area contributed by atoms with Crippen molar-refractivity contribution in [2.45, 2.75) is 0 Å². The van der Waals surface area contributed by atoms with Gasteiger partial charge in [0.2, 0.25) is 0 Å². The number of rotatable bonds is 4. The first-order valence-electron chi connectivity index (χ1n) is 2.37. The fourth-order valence-corrected chi connectivity index (χ4v) is 0.698. The Hall–Kier alpha value is 0.580. The molecule has 0 aliphatic rings. The van der Waals surface area contributed by atoms with E-state index >= 15 is 0 Å². The van der Waals surface area contributed by atoms with Gasteiger partial charge >= 0.3 is 35.5 Å². The zero-order valence-corrected chi connectivity index (χ0v) is 8.88. The van der Waals surface area contributed by atoms with E-state index in [-0.39, 0.29) is 29.6 Å². The number of aliphatic carboxylic acids is 1. The van der Waals surface area contributed by atoms with E-state index in [4.69, 9.17) is 10.00 Å². The summed E-state index contributed by atoms with van der Waals surface area (Å²) in [6.07, 6.45) is -0.709. The molecular weight excluding hydrogens is 184 g/mol. The summed E-state index contributed by atoms with van der Waals surface area (Å²) in [4.78, 5) is 27.8. The predicted octanol–water partition coefficient (Wildman–Crippen LogP) is -4.83. The van der Waals surface area contributed by atoms with Crippen LogP contribution < -0.4 is 39.8 Å². The third-order valence-electron chi connectivity index (χ3n) is 0.588. The number of carboxylic acid groups (broad SMARTS) is 1. The monoisotopic (exact) mass is 191 g/mol. The van der Waals surface area contributed by atoms with E-state index in [1.54, 1.807) is 0 Å². The van der Waals surface area contributed by atoms with Crippen molar-refractivity contribution in [3.05, 3.63) is 0 Å². The summed E-state index contributed by atoms with van der Waals surface area (Å²) in [7, 11) is -4.35. The van der Waals surface area contributed by atoms with Crippen molar-refractivity contribution in [2.75, 3.05) is 12.8 Å². The van der Waals surface area contributed by atoms with Gasteiger partial charge in [-0.25, -0.2) is 0 Å². The molecule has 0 aliphatic carbocycles. The molecule has 0 aromatic carbocycles. The van der Waals surface area contributed by atoms with Crippen LogP contribution in [0.2, 0.25) is 0 Å². The van der Waals surface area contributed by atoms with Crippen molar-refractivity contribution in [1.29, 1.82) is 0 Å². The van der Waals surface area contributed by atoms with Crippen LogP contribution in [-0.4, -0.2) is 28.8 Å². The summed E-state index contributed by atoms with van der Waals surface area (Å²) in [5.74, 6) is -1.17. The standard InChI is InChI=1S/C3H8NO5P.Na/c5-3(6)1-4-2-10(7,8)9;/h4H,1-2H2,(H,5,6)(H2,7,8,9);/q;+1/p-1. The van der Waals surface area contributed by atoms with Gasteiger partial charge in [0.1, 0.15) is 7.60 Å². The van der Waals surface area contributed by atoms with Crippen LogP contribution in [0.5, 0.6) is 0 Å². The zero-order chi connectivity index (χ0) is 8.20. The largest absolute Gasteiger partial charge is 1.00 e. The number of nitrogens with one attached hydrogen (secondary N) is 1. The first-order valence-corrected chi connectivity index (χ1v) is 4.13. The van der Waals surface area contributed by atoms with E-state index in [9.17, 15) is 14.3 Å². The summed E-state index contributed by atoms with van der Waals surface area (Å²) in [5, 5.41) is 9.97. The Morgan fingerprint density at radius 2 is 2.09 bits per heavy atom. The van der Waals surface area contributed by atoms with Crippen molar-refractivity contribution < 1.29 is 53.8 Å². The molecule has 0 amide bonds. The van der Waals surface area contributed by atoms with Gasteiger partial charge in [-0.2, -0.15) is 0 Å². The Labute approximate surface area is 85.4 Å². The molecule has 0 aliphatic heterocycles. The fourth-order valence-electron chi connectivity index (χ4n) is 0.304. The van der Waals surface area contributed by atoms with Crippen LogP contribution in [0.1, 0.15) is 0 Å². The average molecular weight is 191 g/mol. The molecule has 0 bridgehead atoms. The molecule has 0 saturated heterocycles. The van der Waals surface area contributed by atoms with Gasteiger partial charge in [0.25, 0.3) is 0 Å². The van der Waals surface area contributed by atoms with Crippen molar-refractivity contribution in [2.24, 2.45) is 0 Å². The number of carbonyl (C=O) groups is 1. The molecule has 8 heteroatoms. The number of carboxylic acids is 1. The van der Waals surface area contributed by atoms with Gasteiger partial charge in [0.15, 0.2) is 0 Å². The van der Waals surface area contributed by atoms with E-state index in [0.29, 0.717) is 0 Å². The van der Waals surface area contributed by atoms with Crippen molar-refractivity contribution >= 4 is 13.6 Å². The molecule has 0 radical (unpaired) electrons. The van der Waals surface area contributed by atoms with E-state index in [0.717, 1.165) is 0 Å². The molecule has 0 aromatic rings. The SMILES string of the molecule is O=C(O)CNCP(=O)([O-])O.[Na+]. The molecule has 3 N–H and O–H groups in total. The van der Waals surface area contributed by atoms with Gasteiger partial charge in [-0.3, -0.25) is 10.1 Å². The number of hydrogen-bond acceptors (Lipinski definition) is 4. The summed E-state index contributed by atoms with van der Waals surface area (Å²) < 4.78 is 9.94. The van der Waals surface area contributed by atoms with E-state index in [1.165, 1.54) is 0 Å². The van der Waals surface area contributed by atoms with E-state index in [1.807, 2.05) is 5.32 Å². The van der Waals surface area contributed by atoms with Gasteiger partial charge in [-0.15, -0.1) is 0 Å². The topological polar surface area (TPSA) is 110 Å². The van der Waals surface area contributed by atoms with Crippen LogP contribution >= 0.6 is 7.60 Å². The molecule has 11 heavy (non-hydrogen) atoms. The molecule has 0 rings (SSSR count). The molecular formula is C3H7NNaO5P. The van der Waals surface area contributed by atoms with Crippen LogP contribution in [0.25, 0.3) is 0 Å². The molecule has 1 atom stereocenters. The molecule has 60 valence electrons. The Morgan fingerprint density at radius 1 is 1.64 bits per heavy atom. The first-order chi connectivity index (χ1) is 4.42. The van der Waals surface area contributed by atoms with Crippen molar-refractivity contribution in [3.63, 3.8) is 0 Å². The molecule has 0 heterocycles. The van der Waals surface area contributed by atoms with Crippen molar-refractivity contribution in [3.8, 4) is 0 Å². The Bertz CT molecular complexity index is 167. The Balaban J connectivity index is 0. The maximum atomic E-state index is 9.94. The molecule has 0 aromatic heterocycles. The molecule has 0 saturated carbocycles. The minimum Gasteiger partial charge on any atom is -0.778 e. The number of hydrogen-bond donors (Lipinski definition) is 3. The molecule has 6 nitrogen and oxygen atoms in total. The molecule has 1 unspecified atom stereocenters.